The minimum atomic E-state index is -0.251. The molecule has 1 aliphatic heterocycles. The Morgan fingerprint density at radius 2 is 1.79 bits per heavy atom. The number of rotatable bonds is 7. The fourth-order valence-corrected chi connectivity index (χ4v) is 4.08. The first kappa shape index (κ1) is 20.0. The molecule has 0 aliphatic carbocycles. The second-order valence-electron chi connectivity index (χ2n) is 6.44. The largest absolute Gasteiger partial charge is 0.496 e. The summed E-state index contributed by atoms with van der Waals surface area (Å²) in [7, 11) is 3.18. The first-order chi connectivity index (χ1) is 13.5. The fourth-order valence-electron chi connectivity index (χ4n) is 3.22. The van der Waals surface area contributed by atoms with Gasteiger partial charge in [-0.1, -0.05) is 30.3 Å². The molecule has 28 heavy (non-hydrogen) atoms. The second-order valence-corrected chi connectivity index (χ2v) is 7.43. The number of carbonyl (C=O) groups is 2. The van der Waals surface area contributed by atoms with Crippen molar-refractivity contribution in [2.75, 3.05) is 20.8 Å². The maximum atomic E-state index is 12.7. The van der Waals surface area contributed by atoms with Crippen LogP contribution in [0.4, 0.5) is 4.79 Å². The lowest BCUT2D eigenvalue weighted by Gasteiger charge is -2.13. The summed E-state index contributed by atoms with van der Waals surface area (Å²) < 4.78 is 10.8. The molecule has 2 amide bonds. The number of amides is 2. The van der Waals surface area contributed by atoms with Crippen LogP contribution in [0.15, 0.2) is 47.4 Å². The molecule has 1 fully saturated rings. The first-order valence-electron chi connectivity index (χ1n) is 9.06. The van der Waals surface area contributed by atoms with E-state index < -0.39 is 0 Å². The van der Waals surface area contributed by atoms with Gasteiger partial charge >= 0.3 is 0 Å². The van der Waals surface area contributed by atoms with Gasteiger partial charge < -0.3 is 9.47 Å². The third-order valence-corrected chi connectivity index (χ3v) is 5.57. The topological polar surface area (TPSA) is 55.8 Å². The number of thioether (sulfide) groups is 1. The molecule has 2 aromatic carbocycles. The Hall–Kier alpha value is -2.73. The molecular formula is C22H23NO4S. The average molecular weight is 397 g/mol. The molecule has 0 bridgehead atoms. The van der Waals surface area contributed by atoms with Gasteiger partial charge in [-0.25, -0.2) is 0 Å². The van der Waals surface area contributed by atoms with Crippen LogP contribution in [-0.4, -0.2) is 36.8 Å². The molecule has 1 heterocycles. The van der Waals surface area contributed by atoms with E-state index >= 15 is 0 Å². The van der Waals surface area contributed by atoms with Gasteiger partial charge in [0.2, 0.25) is 0 Å². The summed E-state index contributed by atoms with van der Waals surface area (Å²) in [5, 5.41) is -0.228. The van der Waals surface area contributed by atoms with Crippen molar-refractivity contribution < 1.29 is 19.1 Å². The van der Waals surface area contributed by atoms with E-state index in [1.807, 2.05) is 49.4 Å². The van der Waals surface area contributed by atoms with E-state index in [1.54, 1.807) is 20.3 Å². The molecule has 1 aliphatic rings. The molecule has 3 rings (SSSR count). The summed E-state index contributed by atoms with van der Waals surface area (Å²) in [6.45, 7) is 2.31. The zero-order valence-corrected chi connectivity index (χ0v) is 17.0. The van der Waals surface area contributed by atoms with Gasteiger partial charge in [0.1, 0.15) is 11.5 Å². The first-order valence-corrected chi connectivity index (χ1v) is 9.87. The van der Waals surface area contributed by atoms with Gasteiger partial charge in [0.15, 0.2) is 0 Å². The van der Waals surface area contributed by atoms with Gasteiger partial charge in [-0.3, -0.25) is 14.5 Å². The lowest BCUT2D eigenvalue weighted by molar-refractivity contribution is -0.122. The highest BCUT2D eigenvalue weighted by Crippen LogP contribution is 2.37. The van der Waals surface area contributed by atoms with E-state index in [9.17, 15) is 9.59 Å². The van der Waals surface area contributed by atoms with Crippen molar-refractivity contribution in [1.82, 2.24) is 4.90 Å². The Morgan fingerprint density at radius 3 is 2.46 bits per heavy atom. The maximum absolute atomic E-state index is 12.7. The van der Waals surface area contributed by atoms with Crippen molar-refractivity contribution in [3.05, 3.63) is 64.1 Å². The molecule has 0 saturated carbocycles. The smallest absolute Gasteiger partial charge is 0.293 e. The van der Waals surface area contributed by atoms with E-state index in [1.165, 1.54) is 10.5 Å². The van der Waals surface area contributed by atoms with Crippen LogP contribution in [-0.2, 0) is 11.2 Å². The number of benzene rings is 2. The van der Waals surface area contributed by atoms with Gasteiger partial charge in [0, 0.05) is 17.7 Å². The van der Waals surface area contributed by atoms with E-state index in [2.05, 4.69) is 0 Å². The third-order valence-electron chi connectivity index (χ3n) is 4.66. The summed E-state index contributed by atoms with van der Waals surface area (Å²) in [4.78, 5) is 26.8. The maximum Gasteiger partial charge on any atom is 0.293 e. The summed E-state index contributed by atoms with van der Waals surface area (Å²) in [5.41, 5.74) is 2.79. The number of imide groups is 1. The van der Waals surface area contributed by atoms with Crippen LogP contribution in [0.3, 0.4) is 0 Å². The zero-order chi connectivity index (χ0) is 20.1. The summed E-state index contributed by atoms with van der Waals surface area (Å²) in [6, 6.07) is 13.7. The number of hydrogen-bond acceptors (Lipinski definition) is 5. The normalized spacial score (nSPS) is 15.4. The van der Waals surface area contributed by atoms with Crippen LogP contribution in [0.25, 0.3) is 6.08 Å². The molecule has 0 radical (unpaired) electrons. The molecule has 0 spiro atoms. The van der Waals surface area contributed by atoms with Crippen LogP contribution in [0.5, 0.6) is 11.5 Å². The zero-order valence-electron chi connectivity index (χ0n) is 16.2. The van der Waals surface area contributed by atoms with Crippen LogP contribution in [0.2, 0.25) is 0 Å². The van der Waals surface area contributed by atoms with Crippen LogP contribution >= 0.6 is 11.8 Å². The monoisotopic (exact) mass is 397 g/mol. The highest BCUT2D eigenvalue weighted by Gasteiger charge is 2.34. The highest BCUT2D eigenvalue weighted by molar-refractivity contribution is 8.18. The number of nitrogens with zero attached hydrogens (tertiary/aromatic N) is 1. The summed E-state index contributed by atoms with van der Waals surface area (Å²) in [5.74, 6) is 1.09. The van der Waals surface area contributed by atoms with Gasteiger partial charge in [-0.05, 0) is 55.3 Å². The SMILES string of the molecule is COc1ccc(/C=C2/SC(=O)N(CCCc3ccccc3)C2=O)c(OC)c1C. The molecular weight excluding hydrogens is 374 g/mol. The van der Waals surface area contributed by atoms with E-state index in [0.717, 1.165) is 35.7 Å². The Bertz CT molecular complexity index is 908. The van der Waals surface area contributed by atoms with Gasteiger partial charge in [-0.2, -0.15) is 0 Å². The van der Waals surface area contributed by atoms with Gasteiger partial charge in [0.05, 0.1) is 19.1 Å². The molecule has 0 N–H and O–H groups in total. The number of hydrogen-bond donors (Lipinski definition) is 0. The molecule has 2 aromatic rings. The van der Waals surface area contributed by atoms with Crippen molar-refractivity contribution in [3.8, 4) is 11.5 Å². The second kappa shape index (κ2) is 8.97. The Kier molecular flexibility index (Phi) is 6.41. The quantitative estimate of drug-likeness (QED) is 0.635. The van der Waals surface area contributed by atoms with Crippen molar-refractivity contribution >= 4 is 29.0 Å². The minimum Gasteiger partial charge on any atom is -0.496 e. The molecule has 5 nitrogen and oxygen atoms in total. The molecule has 0 aromatic heterocycles. The van der Waals surface area contributed by atoms with Gasteiger partial charge in [0.25, 0.3) is 11.1 Å². The Morgan fingerprint density at radius 1 is 1.04 bits per heavy atom. The van der Waals surface area contributed by atoms with Crippen LogP contribution in [0.1, 0.15) is 23.1 Å². The lowest BCUT2D eigenvalue weighted by Crippen LogP contribution is -2.29. The third kappa shape index (κ3) is 4.22. The molecule has 0 unspecified atom stereocenters. The molecule has 6 heteroatoms. The molecule has 1 saturated heterocycles. The summed E-state index contributed by atoms with van der Waals surface area (Å²) in [6.07, 6.45) is 3.28. The highest BCUT2D eigenvalue weighted by atomic mass is 32.2. The molecule has 0 atom stereocenters. The Labute approximate surface area is 169 Å². The fraction of sp³-hybridized carbons (Fsp3) is 0.273. The number of aryl methyl sites for hydroxylation is 1. The van der Waals surface area contributed by atoms with Crippen molar-refractivity contribution in [2.24, 2.45) is 0 Å². The van der Waals surface area contributed by atoms with E-state index in [-0.39, 0.29) is 11.1 Å². The number of methoxy groups -OCH3 is 2. The van der Waals surface area contributed by atoms with E-state index in [4.69, 9.17) is 9.47 Å². The Balaban J connectivity index is 1.73. The van der Waals surface area contributed by atoms with Crippen LogP contribution in [0, 0.1) is 6.92 Å². The predicted octanol–water partition coefficient (Wildman–Crippen LogP) is 4.68. The number of ether oxygens (including phenoxy) is 2. The van der Waals surface area contributed by atoms with Crippen molar-refractivity contribution in [2.45, 2.75) is 19.8 Å². The summed E-state index contributed by atoms with van der Waals surface area (Å²) >= 11 is 0.970. The van der Waals surface area contributed by atoms with E-state index in [0.29, 0.717) is 22.9 Å². The van der Waals surface area contributed by atoms with Crippen molar-refractivity contribution in [1.29, 1.82) is 0 Å². The number of carbonyl (C=O) groups excluding carboxylic acids is 2. The average Bonchev–Trinajstić information content (AvgIpc) is 2.96. The van der Waals surface area contributed by atoms with Crippen LogP contribution < -0.4 is 9.47 Å². The predicted molar refractivity (Wildman–Crippen MR) is 112 cm³/mol. The lowest BCUT2D eigenvalue weighted by atomic mass is 10.1. The molecule has 146 valence electrons. The minimum absolute atomic E-state index is 0.228. The van der Waals surface area contributed by atoms with Crippen molar-refractivity contribution in [3.63, 3.8) is 0 Å². The van der Waals surface area contributed by atoms with Gasteiger partial charge in [-0.15, -0.1) is 0 Å². The standard InChI is InChI=1S/C22H23NO4S/c1-15-18(26-2)12-11-17(20(15)27-3)14-19-21(24)23(22(25)28-19)13-7-10-16-8-5-4-6-9-16/h4-6,8-9,11-12,14H,7,10,13H2,1-3H3/b19-14+.